The van der Waals surface area contributed by atoms with Crippen LogP contribution in [0.2, 0.25) is 0 Å². The fourth-order valence-electron chi connectivity index (χ4n) is 2.14. The number of nitrogens with zero attached hydrogens (tertiary/aromatic N) is 2. The lowest BCUT2D eigenvalue weighted by Crippen LogP contribution is -2.36. The molecule has 2 rings (SSSR count). The zero-order valence-electron chi connectivity index (χ0n) is 9.95. The van der Waals surface area contributed by atoms with Crippen LogP contribution in [0.25, 0.3) is 0 Å². The monoisotopic (exact) mass is 241 g/mol. The Morgan fingerprint density at radius 3 is 3.00 bits per heavy atom. The molecule has 0 amide bonds. The van der Waals surface area contributed by atoms with Gasteiger partial charge in [-0.15, -0.1) is 0 Å². The molecule has 0 radical (unpaired) electrons. The molecule has 1 aliphatic rings. The Labute approximate surface area is 101 Å². The van der Waals surface area contributed by atoms with Crippen LogP contribution in [0.5, 0.6) is 0 Å². The van der Waals surface area contributed by atoms with Gasteiger partial charge in [-0.3, -0.25) is 0 Å². The van der Waals surface area contributed by atoms with E-state index in [4.69, 9.17) is 4.52 Å². The molecule has 0 aromatic carbocycles. The molecule has 0 aliphatic carbocycles. The highest BCUT2D eigenvalue weighted by molar-refractivity contribution is 7.98. The number of aromatic nitrogens is 2. The molecule has 1 aliphatic heterocycles. The van der Waals surface area contributed by atoms with Gasteiger partial charge in [0.1, 0.15) is 0 Å². The second-order valence-corrected chi connectivity index (χ2v) is 5.39. The number of hydrogen-bond acceptors (Lipinski definition) is 5. The summed E-state index contributed by atoms with van der Waals surface area (Å²) in [7, 11) is 0. The maximum absolute atomic E-state index is 5.40. The van der Waals surface area contributed by atoms with Crippen LogP contribution in [-0.2, 0) is 11.3 Å². The lowest BCUT2D eigenvalue weighted by atomic mass is 9.94. The van der Waals surface area contributed by atoms with Crippen molar-refractivity contribution in [3.63, 3.8) is 0 Å². The van der Waals surface area contributed by atoms with Crippen LogP contribution < -0.4 is 5.32 Å². The fourth-order valence-corrected chi connectivity index (χ4v) is 2.65. The number of nitrogens with one attached hydrogen (secondary N) is 1. The first-order valence-electron chi connectivity index (χ1n) is 5.96. The maximum Gasteiger partial charge on any atom is 0.246 e. The van der Waals surface area contributed by atoms with Crippen molar-refractivity contribution < 1.29 is 4.52 Å². The molecule has 1 N–H and O–H groups in total. The highest BCUT2D eigenvalue weighted by Crippen LogP contribution is 2.32. The minimum atomic E-state index is -0.0534. The fraction of sp³-hybridized carbons (Fsp3) is 0.818. The topological polar surface area (TPSA) is 51.0 Å². The van der Waals surface area contributed by atoms with E-state index in [2.05, 4.69) is 29.3 Å². The van der Waals surface area contributed by atoms with Crippen LogP contribution in [0, 0.1) is 0 Å². The van der Waals surface area contributed by atoms with E-state index in [0.717, 1.165) is 42.6 Å². The summed E-state index contributed by atoms with van der Waals surface area (Å²) in [6.45, 7) is 5.36. The van der Waals surface area contributed by atoms with Crippen molar-refractivity contribution in [2.45, 2.75) is 44.4 Å². The molecule has 0 spiro atoms. The molecule has 1 aromatic rings. The SMILES string of the molecule is CCSCc1noc(C2(CC)CCCN2)n1. The van der Waals surface area contributed by atoms with E-state index in [-0.39, 0.29) is 5.54 Å². The van der Waals surface area contributed by atoms with E-state index >= 15 is 0 Å². The molecule has 0 saturated carbocycles. The first-order chi connectivity index (χ1) is 7.80. The molecular weight excluding hydrogens is 222 g/mol. The minimum absolute atomic E-state index is 0.0534. The predicted octanol–water partition coefficient (Wildman–Crippen LogP) is 2.31. The van der Waals surface area contributed by atoms with Crippen LogP contribution in [0.4, 0.5) is 0 Å². The maximum atomic E-state index is 5.40. The molecule has 2 heterocycles. The minimum Gasteiger partial charge on any atom is -0.337 e. The van der Waals surface area contributed by atoms with Gasteiger partial charge in [0.05, 0.1) is 11.3 Å². The van der Waals surface area contributed by atoms with E-state index in [0.29, 0.717) is 0 Å². The first kappa shape index (κ1) is 11.9. The van der Waals surface area contributed by atoms with Gasteiger partial charge in [0.15, 0.2) is 5.82 Å². The molecule has 1 fully saturated rings. The molecule has 1 unspecified atom stereocenters. The Morgan fingerprint density at radius 2 is 2.38 bits per heavy atom. The Kier molecular flexibility index (Phi) is 3.86. The van der Waals surface area contributed by atoms with E-state index < -0.39 is 0 Å². The van der Waals surface area contributed by atoms with E-state index in [1.807, 2.05) is 11.8 Å². The van der Waals surface area contributed by atoms with Crippen molar-refractivity contribution in [1.29, 1.82) is 0 Å². The van der Waals surface area contributed by atoms with Crippen LogP contribution >= 0.6 is 11.8 Å². The van der Waals surface area contributed by atoms with E-state index in [1.54, 1.807) is 0 Å². The normalized spacial score (nSPS) is 25.1. The molecule has 0 bridgehead atoms. The van der Waals surface area contributed by atoms with Crippen molar-refractivity contribution in [3.8, 4) is 0 Å². The van der Waals surface area contributed by atoms with Gasteiger partial charge >= 0.3 is 0 Å². The van der Waals surface area contributed by atoms with Crippen molar-refractivity contribution in [1.82, 2.24) is 15.5 Å². The summed E-state index contributed by atoms with van der Waals surface area (Å²) in [6, 6.07) is 0. The Balaban J connectivity index is 2.10. The second kappa shape index (κ2) is 5.19. The average molecular weight is 241 g/mol. The van der Waals surface area contributed by atoms with Crippen LogP contribution in [-0.4, -0.2) is 22.4 Å². The summed E-state index contributed by atoms with van der Waals surface area (Å²) in [5, 5.41) is 7.55. The average Bonchev–Trinajstić information content (AvgIpc) is 2.95. The molecule has 90 valence electrons. The molecule has 1 atom stereocenters. The smallest absolute Gasteiger partial charge is 0.246 e. The van der Waals surface area contributed by atoms with Crippen molar-refractivity contribution in [3.05, 3.63) is 11.7 Å². The summed E-state index contributed by atoms with van der Waals surface area (Å²) >= 11 is 1.82. The third kappa shape index (κ3) is 2.25. The second-order valence-electron chi connectivity index (χ2n) is 4.12. The summed E-state index contributed by atoms with van der Waals surface area (Å²) in [4.78, 5) is 4.51. The Hall–Kier alpha value is -0.550. The molecule has 16 heavy (non-hydrogen) atoms. The van der Waals surface area contributed by atoms with Gasteiger partial charge in [0.25, 0.3) is 0 Å². The van der Waals surface area contributed by atoms with Crippen molar-refractivity contribution in [2.75, 3.05) is 12.3 Å². The van der Waals surface area contributed by atoms with Gasteiger partial charge in [0.2, 0.25) is 5.89 Å². The summed E-state index contributed by atoms with van der Waals surface area (Å²) in [5.74, 6) is 3.53. The van der Waals surface area contributed by atoms with E-state index in [9.17, 15) is 0 Å². The molecule has 1 saturated heterocycles. The lowest BCUT2D eigenvalue weighted by molar-refractivity contribution is 0.249. The van der Waals surface area contributed by atoms with Gasteiger partial charge in [-0.2, -0.15) is 16.7 Å². The van der Waals surface area contributed by atoms with E-state index in [1.165, 1.54) is 6.42 Å². The third-order valence-corrected chi connectivity index (χ3v) is 4.03. The predicted molar refractivity (Wildman–Crippen MR) is 65.3 cm³/mol. The third-order valence-electron chi connectivity index (χ3n) is 3.16. The van der Waals surface area contributed by atoms with Crippen LogP contribution in [0.3, 0.4) is 0 Å². The summed E-state index contributed by atoms with van der Waals surface area (Å²) < 4.78 is 5.40. The van der Waals surface area contributed by atoms with Gasteiger partial charge in [0, 0.05) is 0 Å². The van der Waals surface area contributed by atoms with Gasteiger partial charge < -0.3 is 9.84 Å². The summed E-state index contributed by atoms with van der Waals surface area (Å²) in [5.41, 5.74) is -0.0534. The van der Waals surface area contributed by atoms with Crippen molar-refractivity contribution in [2.24, 2.45) is 0 Å². The number of hydrogen-bond donors (Lipinski definition) is 1. The molecule has 1 aromatic heterocycles. The van der Waals surface area contributed by atoms with Gasteiger partial charge in [-0.25, -0.2) is 0 Å². The van der Waals surface area contributed by atoms with Crippen molar-refractivity contribution >= 4 is 11.8 Å². The molecule has 5 heteroatoms. The Bertz CT molecular complexity index is 334. The Morgan fingerprint density at radius 1 is 1.50 bits per heavy atom. The highest BCUT2D eigenvalue weighted by Gasteiger charge is 2.38. The zero-order chi connectivity index (χ0) is 11.4. The first-order valence-corrected chi connectivity index (χ1v) is 7.12. The zero-order valence-corrected chi connectivity index (χ0v) is 10.8. The number of rotatable bonds is 5. The van der Waals surface area contributed by atoms with Gasteiger partial charge in [-0.1, -0.05) is 19.0 Å². The van der Waals surface area contributed by atoms with Crippen LogP contribution in [0.15, 0.2) is 4.52 Å². The summed E-state index contributed by atoms with van der Waals surface area (Å²) in [6.07, 6.45) is 3.30. The molecule has 4 nitrogen and oxygen atoms in total. The standard InChI is InChI=1S/C11H19N3OS/c1-3-11(6-5-7-12-11)10-13-9(14-15-10)8-16-4-2/h12H,3-8H2,1-2H3. The van der Waals surface area contributed by atoms with Gasteiger partial charge in [-0.05, 0) is 31.6 Å². The molecular formula is C11H19N3OS. The largest absolute Gasteiger partial charge is 0.337 e. The lowest BCUT2D eigenvalue weighted by Gasteiger charge is -2.22. The van der Waals surface area contributed by atoms with Crippen LogP contribution in [0.1, 0.15) is 44.8 Å². The highest BCUT2D eigenvalue weighted by atomic mass is 32.2. The quantitative estimate of drug-likeness (QED) is 0.857. The number of thioether (sulfide) groups is 1.